The molecule has 6 heteroatoms. The molecular formula is C18H19N3O2S. The lowest BCUT2D eigenvalue weighted by molar-refractivity contribution is -0.129. The molecule has 0 atom stereocenters. The van der Waals surface area contributed by atoms with E-state index < -0.39 is 0 Å². The summed E-state index contributed by atoms with van der Waals surface area (Å²) in [6.07, 6.45) is 5.98. The number of fused-ring (bicyclic) bond motifs is 1. The Hall–Kier alpha value is -2.34. The normalized spacial score (nSPS) is 13.3. The Morgan fingerprint density at radius 2 is 2.00 bits per heavy atom. The van der Waals surface area contributed by atoms with Crippen LogP contribution in [0.3, 0.4) is 0 Å². The summed E-state index contributed by atoms with van der Waals surface area (Å²) in [4.78, 5) is 30.1. The number of thioether (sulfide) groups is 1. The van der Waals surface area contributed by atoms with Crippen LogP contribution in [0.4, 0.5) is 5.69 Å². The molecule has 1 N–H and O–H groups in total. The van der Waals surface area contributed by atoms with Crippen molar-refractivity contribution in [2.24, 2.45) is 0 Å². The van der Waals surface area contributed by atoms with Gasteiger partial charge in [-0.25, -0.2) is 0 Å². The number of nitrogens with one attached hydrogen (secondary N) is 1. The van der Waals surface area contributed by atoms with Gasteiger partial charge in [0.1, 0.15) is 0 Å². The van der Waals surface area contributed by atoms with E-state index in [1.165, 1.54) is 5.56 Å². The zero-order chi connectivity index (χ0) is 16.9. The average Bonchev–Trinajstić information content (AvgIpc) is 2.62. The van der Waals surface area contributed by atoms with Crippen LogP contribution in [0.2, 0.25) is 0 Å². The average molecular weight is 341 g/mol. The Balaban J connectivity index is 1.73. The van der Waals surface area contributed by atoms with E-state index in [0.717, 1.165) is 24.2 Å². The van der Waals surface area contributed by atoms with Gasteiger partial charge < -0.3 is 10.2 Å². The highest BCUT2D eigenvalue weighted by Crippen LogP contribution is 2.23. The monoisotopic (exact) mass is 341 g/mol. The Morgan fingerprint density at radius 3 is 2.75 bits per heavy atom. The van der Waals surface area contributed by atoms with Crippen LogP contribution in [0.1, 0.15) is 21.5 Å². The van der Waals surface area contributed by atoms with E-state index in [2.05, 4.69) is 10.3 Å². The summed E-state index contributed by atoms with van der Waals surface area (Å²) in [7, 11) is 0. The molecule has 0 radical (unpaired) electrons. The van der Waals surface area contributed by atoms with Crippen molar-refractivity contribution in [1.29, 1.82) is 0 Å². The number of hydrogen-bond donors (Lipinski definition) is 1. The fourth-order valence-corrected chi connectivity index (χ4v) is 3.20. The number of aromatic nitrogens is 1. The van der Waals surface area contributed by atoms with Crippen molar-refractivity contribution in [1.82, 2.24) is 9.88 Å². The molecule has 0 unspecified atom stereocenters. The molecule has 0 saturated heterocycles. The topological polar surface area (TPSA) is 62.3 Å². The quantitative estimate of drug-likeness (QED) is 0.928. The maximum Gasteiger partial charge on any atom is 0.255 e. The third kappa shape index (κ3) is 3.76. The highest BCUT2D eigenvalue weighted by atomic mass is 32.2. The standard InChI is InChI=1S/C18H19N3O2S/c1-24-12-17(22)21-9-6-13-2-3-16(10-15(13)11-21)20-18(23)14-4-7-19-8-5-14/h2-5,7-8,10H,6,9,11-12H2,1H3,(H,20,23). The first-order valence-electron chi connectivity index (χ1n) is 7.77. The van der Waals surface area contributed by atoms with Crippen LogP contribution < -0.4 is 5.32 Å². The molecule has 1 aliphatic heterocycles. The number of amides is 2. The SMILES string of the molecule is CSCC(=O)N1CCc2ccc(NC(=O)c3ccncc3)cc2C1. The highest BCUT2D eigenvalue weighted by Gasteiger charge is 2.20. The van der Waals surface area contributed by atoms with Crippen LogP contribution in [0, 0.1) is 0 Å². The van der Waals surface area contributed by atoms with Crippen molar-refractivity contribution < 1.29 is 9.59 Å². The minimum Gasteiger partial charge on any atom is -0.337 e. The van der Waals surface area contributed by atoms with E-state index in [0.29, 0.717) is 17.9 Å². The van der Waals surface area contributed by atoms with Gasteiger partial charge in [-0.05, 0) is 48.1 Å². The van der Waals surface area contributed by atoms with Crippen LogP contribution in [-0.2, 0) is 17.8 Å². The highest BCUT2D eigenvalue weighted by molar-refractivity contribution is 7.99. The molecular weight excluding hydrogens is 322 g/mol. The van der Waals surface area contributed by atoms with Gasteiger partial charge in [0.2, 0.25) is 5.91 Å². The first kappa shape index (κ1) is 16.5. The van der Waals surface area contributed by atoms with E-state index in [4.69, 9.17) is 0 Å². The molecule has 24 heavy (non-hydrogen) atoms. The molecule has 1 aromatic heterocycles. The third-order valence-electron chi connectivity index (χ3n) is 4.04. The van der Waals surface area contributed by atoms with Gasteiger partial charge in [-0.15, -0.1) is 0 Å². The van der Waals surface area contributed by atoms with Crippen molar-refractivity contribution in [3.63, 3.8) is 0 Å². The number of rotatable bonds is 4. The largest absolute Gasteiger partial charge is 0.337 e. The van der Waals surface area contributed by atoms with E-state index in [-0.39, 0.29) is 11.8 Å². The number of benzene rings is 1. The molecule has 124 valence electrons. The van der Waals surface area contributed by atoms with Gasteiger partial charge in [0.05, 0.1) is 5.75 Å². The fourth-order valence-electron chi connectivity index (χ4n) is 2.77. The molecule has 2 aromatic rings. The summed E-state index contributed by atoms with van der Waals surface area (Å²) in [5, 5.41) is 2.90. The van der Waals surface area contributed by atoms with Gasteiger partial charge in [0.15, 0.2) is 0 Å². The Bertz CT molecular complexity index is 749. The lowest BCUT2D eigenvalue weighted by Crippen LogP contribution is -2.37. The van der Waals surface area contributed by atoms with E-state index in [1.807, 2.05) is 29.4 Å². The van der Waals surface area contributed by atoms with Crippen molar-refractivity contribution >= 4 is 29.3 Å². The van der Waals surface area contributed by atoms with Gasteiger partial charge in [0.25, 0.3) is 5.91 Å². The first-order valence-corrected chi connectivity index (χ1v) is 9.16. The Kier molecular flexibility index (Phi) is 5.15. The Labute approximate surface area is 145 Å². The van der Waals surface area contributed by atoms with Gasteiger partial charge in [-0.2, -0.15) is 11.8 Å². The second-order valence-electron chi connectivity index (χ2n) is 5.67. The van der Waals surface area contributed by atoms with E-state index in [1.54, 1.807) is 36.3 Å². The Morgan fingerprint density at radius 1 is 1.21 bits per heavy atom. The number of hydrogen-bond acceptors (Lipinski definition) is 4. The number of anilines is 1. The number of nitrogens with zero attached hydrogens (tertiary/aromatic N) is 2. The lowest BCUT2D eigenvalue weighted by atomic mass is 9.99. The maximum atomic E-state index is 12.2. The predicted octanol–water partition coefficient (Wildman–Crippen LogP) is 2.58. The van der Waals surface area contributed by atoms with Crippen LogP contribution in [0.15, 0.2) is 42.7 Å². The zero-order valence-electron chi connectivity index (χ0n) is 13.5. The van der Waals surface area contributed by atoms with Gasteiger partial charge in [-0.3, -0.25) is 14.6 Å². The summed E-state index contributed by atoms with van der Waals surface area (Å²) in [6, 6.07) is 9.27. The summed E-state index contributed by atoms with van der Waals surface area (Å²) >= 11 is 1.54. The summed E-state index contributed by atoms with van der Waals surface area (Å²) in [6.45, 7) is 1.36. The molecule has 2 amide bonds. The molecule has 5 nitrogen and oxygen atoms in total. The molecule has 2 heterocycles. The van der Waals surface area contributed by atoms with Crippen LogP contribution in [0.5, 0.6) is 0 Å². The van der Waals surface area contributed by atoms with Crippen molar-refractivity contribution in [3.8, 4) is 0 Å². The summed E-state index contributed by atoms with van der Waals surface area (Å²) in [5.41, 5.74) is 3.66. The van der Waals surface area contributed by atoms with Gasteiger partial charge in [-0.1, -0.05) is 6.07 Å². The predicted molar refractivity (Wildman–Crippen MR) is 96.1 cm³/mol. The molecule has 0 spiro atoms. The minimum absolute atomic E-state index is 0.163. The summed E-state index contributed by atoms with van der Waals surface area (Å²) < 4.78 is 0. The fraction of sp³-hybridized carbons (Fsp3) is 0.278. The van der Waals surface area contributed by atoms with Crippen LogP contribution >= 0.6 is 11.8 Å². The molecule has 0 fully saturated rings. The van der Waals surface area contributed by atoms with Crippen LogP contribution in [0.25, 0.3) is 0 Å². The summed E-state index contributed by atoms with van der Waals surface area (Å²) in [5.74, 6) is 0.510. The zero-order valence-corrected chi connectivity index (χ0v) is 14.3. The number of carbonyl (C=O) groups is 2. The molecule has 1 aromatic carbocycles. The molecule has 0 bridgehead atoms. The second-order valence-corrected chi connectivity index (χ2v) is 6.54. The van der Waals surface area contributed by atoms with E-state index >= 15 is 0 Å². The third-order valence-corrected chi connectivity index (χ3v) is 4.58. The lowest BCUT2D eigenvalue weighted by Gasteiger charge is -2.29. The molecule has 0 aliphatic carbocycles. The first-order chi connectivity index (χ1) is 11.7. The van der Waals surface area contributed by atoms with Crippen molar-refractivity contribution in [2.75, 3.05) is 23.9 Å². The maximum absolute atomic E-state index is 12.2. The molecule has 3 rings (SSSR count). The van der Waals surface area contributed by atoms with Gasteiger partial charge in [0, 0.05) is 36.7 Å². The van der Waals surface area contributed by atoms with E-state index in [9.17, 15) is 9.59 Å². The smallest absolute Gasteiger partial charge is 0.255 e. The molecule has 1 aliphatic rings. The number of pyridine rings is 1. The van der Waals surface area contributed by atoms with Gasteiger partial charge >= 0.3 is 0 Å². The van der Waals surface area contributed by atoms with Crippen molar-refractivity contribution in [2.45, 2.75) is 13.0 Å². The minimum atomic E-state index is -0.163. The second kappa shape index (κ2) is 7.49. The number of carbonyl (C=O) groups excluding carboxylic acids is 2. The van der Waals surface area contributed by atoms with Crippen molar-refractivity contribution in [3.05, 3.63) is 59.4 Å². The van der Waals surface area contributed by atoms with Crippen LogP contribution in [-0.4, -0.2) is 40.3 Å². The molecule has 0 saturated carbocycles.